The van der Waals surface area contributed by atoms with Crippen LogP contribution in [0.15, 0.2) is 0 Å². The molecule has 1 aliphatic carbocycles. The smallest absolute Gasteiger partial charge is 0.158 e. The number of nitrogens with zero attached hydrogens (tertiary/aromatic N) is 1. The Labute approximate surface area is 113 Å². The van der Waals surface area contributed by atoms with Gasteiger partial charge in [-0.25, -0.2) is 0 Å². The molecule has 3 heteroatoms. The molecule has 0 spiro atoms. The fraction of sp³-hybridized carbons (Fsp3) is 1.00. The van der Waals surface area contributed by atoms with Crippen molar-refractivity contribution in [3.05, 3.63) is 0 Å². The van der Waals surface area contributed by atoms with E-state index in [1.165, 1.54) is 25.7 Å². The average Bonchev–Trinajstić information content (AvgIpc) is 2.36. The standard InChI is InChI=1S/C15H31NO2/c1-5-17-15(18-6-2)10-11-16(4)14-9-7-8-13(3)12-14/h13-15H,5-12H2,1-4H3. The lowest BCUT2D eigenvalue weighted by Gasteiger charge is -2.34. The van der Waals surface area contributed by atoms with Gasteiger partial charge in [-0.15, -0.1) is 0 Å². The van der Waals surface area contributed by atoms with Crippen LogP contribution in [-0.2, 0) is 9.47 Å². The first-order valence-corrected chi connectivity index (χ1v) is 7.60. The summed E-state index contributed by atoms with van der Waals surface area (Å²) >= 11 is 0. The van der Waals surface area contributed by atoms with Crippen LogP contribution in [0.2, 0.25) is 0 Å². The van der Waals surface area contributed by atoms with Crippen molar-refractivity contribution in [2.24, 2.45) is 5.92 Å². The number of hydrogen-bond acceptors (Lipinski definition) is 3. The number of rotatable bonds is 8. The zero-order chi connectivity index (χ0) is 13.4. The molecule has 108 valence electrons. The van der Waals surface area contributed by atoms with E-state index < -0.39 is 0 Å². The van der Waals surface area contributed by atoms with Crippen LogP contribution in [0.3, 0.4) is 0 Å². The highest BCUT2D eigenvalue weighted by atomic mass is 16.7. The Kier molecular flexibility index (Phi) is 7.87. The molecular formula is C15H31NO2. The van der Waals surface area contributed by atoms with Gasteiger partial charge in [0.2, 0.25) is 0 Å². The molecule has 0 aromatic carbocycles. The van der Waals surface area contributed by atoms with E-state index in [1.807, 2.05) is 13.8 Å². The van der Waals surface area contributed by atoms with Gasteiger partial charge in [0.15, 0.2) is 6.29 Å². The normalized spacial score (nSPS) is 25.0. The van der Waals surface area contributed by atoms with Gasteiger partial charge in [-0.3, -0.25) is 0 Å². The van der Waals surface area contributed by atoms with Gasteiger partial charge in [0.25, 0.3) is 0 Å². The third-order valence-electron chi connectivity index (χ3n) is 3.95. The molecule has 0 saturated heterocycles. The van der Waals surface area contributed by atoms with Crippen LogP contribution in [0.1, 0.15) is 52.9 Å². The van der Waals surface area contributed by atoms with Gasteiger partial charge in [-0.2, -0.15) is 0 Å². The second kappa shape index (κ2) is 8.89. The fourth-order valence-electron chi connectivity index (χ4n) is 2.88. The summed E-state index contributed by atoms with van der Waals surface area (Å²) in [4.78, 5) is 2.50. The lowest BCUT2D eigenvalue weighted by molar-refractivity contribution is -0.142. The molecule has 0 aromatic heterocycles. The summed E-state index contributed by atoms with van der Waals surface area (Å²) in [5.41, 5.74) is 0. The van der Waals surface area contributed by atoms with Gasteiger partial charge in [0, 0.05) is 32.2 Å². The Hall–Kier alpha value is -0.120. The zero-order valence-corrected chi connectivity index (χ0v) is 12.7. The molecule has 0 aromatic rings. The van der Waals surface area contributed by atoms with Gasteiger partial charge in [-0.05, 0) is 39.7 Å². The van der Waals surface area contributed by atoms with E-state index in [4.69, 9.17) is 9.47 Å². The minimum Gasteiger partial charge on any atom is -0.353 e. The summed E-state index contributed by atoms with van der Waals surface area (Å²) in [6, 6.07) is 0.762. The predicted octanol–water partition coefficient (Wildman–Crippen LogP) is 3.29. The van der Waals surface area contributed by atoms with Crippen molar-refractivity contribution in [2.75, 3.05) is 26.8 Å². The molecular weight excluding hydrogens is 226 g/mol. The van der Waals surface area contributed by atoms with Gasteiger partial charge in [0.05, 0.1) is 0 Å². The Balaban J connectivity index is 2.27. The largest absolute Gasteiger partial charge is 0.353 e. The van der Waals surface area contributed by atoms with E-state index in [0.29, 0.717) is 0 Å². The maximum absolute atomic E-state index is 5.59. The molecule has 0 radical (unpaired) electrons. The van der Waals surface area contributed by atoms with Crippen LogP contribution in [-0.4, -0.2) is 44.0 Å². The maximum Gasteiger partial charge on any atom is 0.158 e. The summed E-state index contributed by atoms with van der Waals surface area (Å²) in [6.45, 7) is 8.96. The Morgan fingerprint density at radius 1 is 1.17 bits per heavy atom. The van der Waals surface area contributed by atoms with E-state index in [-0.39, 0.29) is 6.29 Å². The first-order valence-electron chi connectivity index (χ1n) is 7.60. The predicted molar refractivity (Wildman–Crippen MR) is 75.7 cm³/mol. The minimum absolute atomic E-state index is 0.0246. The molecule has 1 saturated carbocycles. The van der Waals surface area contributed by atoms with Crippen molar-refractivity contribution in [2.45, 2.75) is 65.2 Å². The molecule has 0 heterocycles. The molecule has 3 nitrogen and oxygen atoms in total. The molecule has 0 N–H and O–H groups in total. The van der Waals surface area contributed by atoms with Gasteiger partial charge >= 0.3 is 0 Å². The van der Waals surface area contributed by atoms with Crippen LogP contribution in [0.5, 0.6) is 0 Å². The Morgan fingerprint density at radius 2 is 1.83 bits per heavy atom. The first-order chi connectivity index (χ1) is 8.67. The third-order valence-corrected chi connectivity index (χ3v) is 3.95. The van der Waals surface area contributed by atoms with Crippen molar-refractivity contribution in [3.8, 4) is 0 Å². The molecule has 0 aliphatic heterocycles. The van der Waals surface area contributed by atoms with Crippen LogP contribution < -0.4 is 0 Å². The molecule has 0 bridgehead atoms. The molecule has 0 amide bonds. The molecule has 1 fully saturated rings. The summed E-state index contributed by atoms with van der Waals surface area (Å²) in [6.07, 6.45) is 6.45. The van der Waals surface area contributed by atoms with E-state index in [1.54, 1.807) is 0 Å². The summed E-state index contributed by atoms with van der Waals surface area (Å²) in [5, 5.41) is 0. The highest BCUT2D eigenvalue weighted by Gasteiger charge is 2.22. The number of hydrogen-bond donors (Lipinski definition) is 0. The summed E-state index contributed by atoms with van der Waals surface area (Å²) in [7, 11) is 2.25. The van der Waals surface area contributed by atoms with Gasteiger partial charge in [-0.1, -0.05) is 19.8 Å². The molecule has 1 rings (SSSR count). The van der Waals surface area contributed by atoms with Gasteiger partial charge in [0.1, 0.15) is 0 Å². The summed E-state index contributed by atoms with van der Waals surface area (Å²) in [5.74, 6) is 0.890. The lowest BCUT2D eigenvalue weighted by Crippen LogP contribution is -2.37. The minimum atomic E-state index is -0.0246. The van der Waals surface area contributed by atoms with E-state index in [0.717, 1.165) is 38.1 Å². The zero-order valence-electron chi connectivity index (χ0n) is 12.7. The lowest BCUT2D eigenvalue weighted by atomic mass is 9.86. The second-order valence-electron chi connectivity index (χ2n) is 5.54. The monoisotopic (exact) mass is 257 g/mol. The highest BCUT2D eigenvalue weighted by Crippen LogP contribution is 2.26. The molecule has 2 unspecified atom stereocenters. The summed E-state index contributed by atoms with van der Waals surface area (Å²) < 4.78 is 11.2. The topological polar surface area (TPSA) is 21.7 Å². The van der Waals surface area contributed by atoms with Crippen molar-refractivity contribution in [1.29, 1.82) is 0 Å². The highest BCUT2D eigenvalue weighted by molar-refractivity contribution is 4.77. The fourth-order valence-corrected chi connectivity index (χ4v) is 2.88. The second-order valence-corrected chi connectivity index (χ2v) is 5.54. The molecule has 1 aliphatic rings. The van der Waals surface area contributed by atoms with E-state index in [9.17, 15) is 0 Å². The Morgan fingerprint density at radius 3 is 2.39 bits per heavy atom. The average molecular weight is 257 g/mol. The van der Waals surface area contributed by atoms with Crippen LogP contribution in [0, 0.1) is 5.92 Å². The first kappa shape index (κ1) is 15.9. The number of ether oxygens (including phenoxy) is 2. The van der Waals surface area contributed by atoms with Crippen LogP contribution in [0.25, 0.3) is 0 Å². The van der Waals surface area contributed by atoms with Crippen molar-refractivity contribution < 1.29 is 9.47 Å². The quantitative estimate of drug-likeness (QED) is 0.623. The van der Waals surface area contributed by atoms with Crippen molar-refractivity contribution >= 4 is 0 Å². The maximum atomic E-state index is 5.59. The third kappa shape index (κ3) is 5.68. The van der Waals surface area contributed by atoms with Gasteiger partial charge < -0.3 is 14.4 Å². The van der Waals surface area contributed by atoms with Crippen LogP contribution >= 0.6 is 0 Å². The van der Waals surface area contributed by atoms with Crippen molar-refractivity contribution in [3.63, 3.8) is 0 Å². The Bertz CT molecular complexity index is 205. The molecule has 18 heavy (non-hydrogen) atoms. The SMILES string of the molecule is CCOC(CCN(C)C1CCCC(C)C1)OCC. The van der Waals surface area contributed by atoms with Crippen LogP contribution in [0.4, 0.5) is 0 Å². The van der Waals surface area contributed by atoms with E-state index in [2.05, 4.69) is 18.9 Å². The van der Waals surface area contributed by atoms with Crippen molar-refractivity contribution in [1.82, 2.24) is 4.90 Å². The van der Waals surface area contributed by atoms with E-state index >= 15 is 0 Å². The molecule has 2 atom stereocenters.